The monoisotopic (exact) mass is 374 g/mol. The van der Waals surface area contributed by atoms with Crippen molar-refractivity contribution < 1.29 is 9.26 Å². The molecular formula is C21H18N4O3. The smallest absolute Gasteiger partial charge is 0.272 e. The third-order valence-electron chi connectivity index (χ3n) is 4.48. The number of methoxy groups -OCH3 is 1. The van der Waals surface area contributed by atoms with Crippen molar-refractivity contribution in [2.24, 2.45) is 7.05 Å². The van der Waals surface area contributed by atoms with E-state index in [1.807, 2.05) is 48.5 Å². The molecule has 0 N–H and O–H groups in total. The highest BCUT2D eigenvalue weighted by molar-refractivity contribution is 5.80. The summed E-state index contributed by atoms with van der Waals surface area (Å²) in [6, 6.07) is 13.2. The quantitative estimate of drug-likeness (QED) is 0.544. The average Bonchev–Trinajstić information content (AvgIpc) is 3.19. The molecule has 0 fully saturated rings. The summed E-state index contributed by atoms with van der Waals surface area (Å²) in [5.41, 5.74) is 3.46. The van der Waals surface area contributed by atoms with Crippen LogP contribution in [0, 0.1) is 6.92 Å². The fourth-order valence-electron chi connectivity index (χ4n) is 3.00. The summed E-state index contributed by atoms with van der Waals surface area (Å²) in [5.74, 6) is 1.60. The van der Waals surface area contributed by atoms with Crippen LogP contribution < -0.4 is 10.3 Å². The Labute approximate surface area is 160 Å². The van der Waals surface area contributed by atoms with E-state index in [2.05, 4.69) is 15.1 Å². The highest BCUT2D eigenvalue weighted by Crippen LogP contribution is 2.23. The first kappa shape index (κ1) is 17.7. The van der Waals surface area contributed by atoms with Gasteiger partial charge in [0.1, 0.15) is 11.4 Å². The summed E-state index contributed by atoms with van der Waals surface area (Å²) in [6.45, 7) is 1.70. The van der Waals surface area contributed by atoms with Crippen LogP contribution >= 0.6 is 0 Å². The van der Waals surface area contributed by atoms with Crippen LogP contribution in [0.1, 0.15) is 17.1 Å². The molecule has 0 bridgehead atoms. The van der Waals surface area contributed by atoms with Crippen LogP contribution in [-0.4, -0.2) is 26.8 Å². The van der Waals surface area contributed by atoms with Crippen molar-refractivity contribution in [3.8, 4) is 17.1 Å². The second kappa shape index (κ2) is 7.11. The lowest BCUT2D eigenvalue weighted by Crippen LogP contribution is -2.20. The zero-order chi connectivity index (χ0) is 19.7. The predicted octanol–water partition coefficient (Wildman–Crippen LogP) is 3.47. The van der Waals surface area contributed by atoms with Crippen LogP contribution in [0.4, 0.5) is 0 Å². The number of aromatic nitrogens is 4. The molecule has 4 aromatic rings. The number of hydrogen-bond acceptors (Lipinski definition) is 6. The molecule has 0 spiro atoms. The van der Waals surface area contributed by atoms with Crippen molar-refractivity contribution in [3.63, 3.8) is 0 Å². The van der Waals surface area contributed by atoms with Gasteiger partial charge in [0.15, 0.2) is 0 Å². The maximum Gasteiger partial charge on any atom is 0.272 e. The average molecular weight is 374 g/mol. The van der Waals surface area contributed by atoms with Crippen LogP contribution in [0.3, 0.4) is 0 Å². The summed E-state index contributed by atoms with van der Waals surface area (Å²) < 4.78 is 12.2. The van der Waals surface area contributed by atoms with E-state index in [0.29, 0.717) is 22.9 Å². The van der Waals surface area contributed by atoms with Crippen molar-refractivity contribution in [3.05, 3.63) is 70.0 Å². The molecule has 0 amide bonds. The fraction of sp³-hybridized carbons (Fsp3) is 0.143. The van der Waals surface area contributed by atoms with Crippen molar-refractivity contribution in [1.82, 2.24) is 19.7 Å². The summed E-state index contributed by atoms with van der Waals surface area (Å²) in [4.78, 5) is 20.8. The lowest BCUT2D eigenvalue weighted by Gasteiger charge is -2.06. The van der Waals surface area contributed by atoms with Crippen LogP contribution in [0.25, 0.3) is 34.6 Å². The maximum atomic E-state index is 12.0. The molecule has 2 heterocycles. The minimum absolute atomic E-state index is 0.108. The Morgan fingerprint density at radius 3 is 2.75 bits per heavy atom. The highest BCUT2D eigenvalue weighted by Gasteiger charge is 2.11. The first-order valence-corrected chi connectivity index (χ1v) is 8.69. The standard InChI is InChI=1S/C21H18N4O3/c1-13-21(26)25(2)17-10-8-15(12-16(17)22-13)20-23-19(28-24-20)11-9-14-6-4-5-7-18(14)27-3/h4-12H,1-3H3/b11-9+. The Morgan fingerprint density at radius 1 is 1.11 bits per heavy atom. The summed E-state index contributed by atoms with van der Waals surface area (Å²) in [7, 11) is 3.36. The van der Waals surface area contributed by atoms with Crippen molar-refractivity contribution >= 4 is 23.2 Å². The van der Waals surface area contributed by atoms with Gasteiger partial charge in [-0.05, 0) is 37.3 Å². The molecule has 0 unspecified atom stereocenters. The number of ether oxygens (including phenoxy) is 1. The molecule has 7 nitrogen and oxygen atoms in total. The van der Waals surface area contributed by atoms with Gasteiger partial charge < -0.3 is 13.8 Å². The van der Waals surface area contributed by atoms with Gasteiger partial charge in [0.05, 0.1) is 18.1 Å². The molecule has 0 radical (unpaired) electrons. The normalized spacial score (nSPS) is 11.4. The van der Waals surface area contributed by atoms with Gasteiger partial charge in [-0.15, -0.1) is 0 Å². The van der Waals surface area contributed by atoms with Crippen LogP contribution in [0.5, 0.6) is 5.75 Å². The van der Waals surface area contributed by atoms with E-state index in [-0.39, 0.29) is 5.56 Å². The lowest BCUT2D eigenvalue weighted by molar-refractivity contribution is 0.411. The molecule has 2 aromatic carbocycles. The van der Waals surface area contributed by atoms with Gasteiger partial charge in [-0.25, -0.2) is 4.98 Å². The zero-order valence-electron chi connectivity index (χ0n) is 15.7. The van der Waals surface area contributed by atoms with Gasteiger partial charge in [0.2, 0.25) is 5.82 Å². The number of fused-ring (bicyclic) bond motifs is 1. The van der Waals surface area contributed by atoms with E-state index in [4.69, 9.17) is 9.26 Å². The summed E-state index contributed by atoms with van der Waals surface area (Å²) >= 11 is 0. The lowest BCUT2D eigenvalue weighted by atomic mass is 10.1. The van der Waals surface area contributed by atoms with E-state index < -0.39 is 0 Å². The summed E-state index contributed by atoms with van der Waals surface area (Å²) in [5, 5.41) is 4.05. The SMILES string of the molecule is COc1ccccc1/C=C/c1nc(-c2ccc3c(c2)nc(C)c(=O)n3C)no1. The molecular weight excluding hydrogens is 356 g/mol. The first-order valence-electron chi connectivity index (χ1n) is 8.69. The maximum absolute atomic E-state index is 12.0. The van der Waals surface area contributed by atoms with Crippen molar-refractivity contribution in [2.45, 2.75) is 6.92 Å². The van der Waals surface area contributed by atoms with Gasteiger partial charge in [0.25, 0.3) is 11.4 Å². The molecule has 28 heavy (non-hydrogen) atoms. The minimum atomic E-state index is -0.108. The number of rotatable bonds is 4. The Morgan fingerprint density at radius 2 is 1.93 bits per heavy atom. The molecule has 0 saturated heterocycles. The predicted molar refractivity (Wildman–Crippen MR) is 107 cm³/mol. The molecule has 4 rings (SSSR count). The topological polar surface area (TPSA) is 83.0 Å². The number of para-hydroxylation sites is 1. The molecule has 0 aliphatic rings. The van der Waals surface area contributed by atoms with E-state index in [0.717, 1.165) is 22.4 Å². The Balaban J connectivity index is 1.66. The number of aryl methyl sites for hydroxylation is 2. The van der Waals surface area contributed by atoms with Crippen LogP contribution in [0.2, 0.25) is 0 Å². The molecule has 2 aromatic heterocycles. The number of hydrogen-bond donors (Lipinski definition) is 0. The van der Waals surface area contributed by atoms with Crippen molar-refractivity contribution in [2.75, 3.05) is 7.11 Å². The fourth-order valence-corrected chi connectivity index (χ4v) is 3.00. The largest absolute Gasteiger partial charge is 0.496 e. The van der Waals surface area contributed by atoms with E-state index >= 15 is 0 Å². The van der Waals surface area contributed by atoms with Gasteiger partial charge in [-0.1, -0.05) is 23.4 Å². The molecule has 140 valence electrons. The van der Waals surface area contributed by atoms with Crippen LogP contribution in [-0.2, 0) is 7.05 Å². The first-order chi connectivity index (χ1) is 13.6. The Kier molecular flexibility index (Phi) is 4.49. The number of nitrogens with zero attached hydrogens (tertiary/aromatic N) is 4. The second-order valence-corrected chi connectivity index (χ2v) is 6.30. The van der Waals surface area contributed by atoms with Gasteiger partial charge in [0, 0.05) is 24.3 Å². The third kappa shape index (κ3) is 3.18. The summed E-state index contributed by atoms with van der Waals surface area (Å²) in [6.07, 6.45) is 3.60. The zero-order valence-corrected chi connectivity index (χ0v) is 15.7. The van der Waals surface area contributed by atoms with Gasteiger partial charge in [-0.2, -0.15) is 4.98 Å². The molecule has 0 atom stereocenters. The van der Waals surface area contributed by atoms with E-state index in [9.17, 15) is 4.79 Å². The van der Waals surface area contributed by atoms with E-state index in [1.165, 1.54) is 0 Å². The minimum Gasteiger partial charge on any atom is -0.496 e. The van der Waals surface area contributed by atoms with E-state index in [1.54, 1.807) is 31.7 Å². The Bertz CT molecular complexity index is 1250. The van der Waals surface area contributed by atoms with Gasteiger partial charge in [-0.3, -0.25) is 4.79 Å². The van der Waals surface area contributed by atoms with Crippen LogP contribution in [0.15, 0.2) is 51.8 Å². The molecule has 7 heteroatoms. The Hall–Kier alpha value is -3.74. The van der Waals surface area contributed by atoms with Crippen molar-refractivity contribution in [1.29, 1.82) is 0 Å². The molecule has 0 aliphatic heterocycles. The molecule has 0 aliphatic carbocycles. The second-order valence-electron chi connectivity index (χ2n) is 6.30. The highest BCUT2D eigenvalue weighted by atomic mass is 16.5. The third-order valence-corrected chi connectivity index (χ3v) is 4.48. The molecule has 0 saturated carbocycles. The van der Waals surface area contributed by atoms with Gasteiger partial charge >= 0.3 is 0 Å². The number of benzene rings is 2.